The van der Waals surface area contributed by atoms with Crippen molar-refractivity contribution in [1.29, 1.82) is 0 Å². The van der Waals surface area contributed by atoms with Gasteiger partial charge in [0.05, 0.1) is 22.4 Å². The molecule has 1 heterocycles. The number of fused-ring (bicyclic) bond motifs is 1. The smallest absolute Gasteiger partial charge is 0.182 e. The molecule has 16 heavy (non-hydrogen) atoms. The Kier molecular flexibility index (Phi) is 2.90. The molecular formula is C11H16N2O2S. The van der Waals surface area contributed by atoms with Gasteiger partial charge in [-0.1, -0.05) is 13.0 Å². The maximum absolute atomic E-state index is 12.0. The fourth-order valence-corrected chi connectivity index (χ4v) is 3.63. The number of nitrogens with one attached hydrogen (secondary N) is 1. The molecule has 0 spiro atoms. The minimum Gasteiger partial charge on any atom is -0.379 e. The first-order chi connectivity index (χ1) is 7.56. The van der Waals surface area contributed by atoms with E-state index in [2.05, 4.69) is 5.32 Å². The van der Waals surface area contributed by atoms with Gasteiger partial charge in [-0.2, -0.15) is 0 Å². The number of benzene rings is 1. The Hall–Kier alpha value is -1.07. The number of rotatable bonds is 2. The molecule has 0 amide bonds. The summed E-state index contributed by atoms with van der Waals surface area (Å²) in [4.78, 5) is 0.413. The molecule has 0 aliphatic carbocycles. The Balaban J connectivity index is 2.52. The molecule has 0 aromatic heterocycles. The van der Waals surface area contributed by atoms with Crippen molar-refractivity contribution in [3.63, 3.8) is 0 Å². The highest BCUT2D eigenvalue weighted by Crippen LogP contribution is 2.29. The summed E-state index contributed by atoms with van der Waals surface area (Å²) in [5.74, 6) is 0.0870. The van der Waals surface area contributed by atoms with Gasteiger partial charge in [-0.15, -0.1) is 0 Å². The van der Waals surface area contributed by atoms with Crippen LogP contribution >= 0.6 is 0 Å². The zero-order valence-electron chi connectivity index (χ0n) is 9.23. The van der Waals surface area contributed by atoms with E-state index in [0.29, 0.717) is 17.1 Å². The molecule has 0 bridgehead atoms. The number of hydrogen-bond acceptors (Lipinski definition) is 4. The van der Waals surface area contributed by atoms with E-state index >= 15 is 0 Å². The molecule has 0 saturated heterocycles. The fourth-order valence-electron chi connectivity index (χ4n) is 1.91. The summed E-state index contributed by atoms with van der Waals surface area (Å²) in [5, 5.41) is 3.15. The first-order valence-corrected chi connectivity index (χ1v) is 7.04. The number of anilines is 1. The van der Waals surface area contributed by atoms with E-state index in [4.69, 9.17) is 5.73 Å². The molecule has 0 saturated carbocycles. The molecule has 1 atom stereocenters. The predicted octanol–water partition coefficient (Wildman–Crippen LogP) is 0.776. The van der Waals surface area contributed by atoms with Crippen LogP contribution in [0, 0.1) is 0 Å². The van der Waals surface area contributed by atoms with E-state index in [1.165, 1.54) is 0 Å². The average molecular weight is 240 g/mol. The standard InChI is InChI=1S/C11H16N2O2S/c1-2-8-3-4-10-11(5-8)16(14,15)7-9(6-12)13-10/h3-5,9,13H,2,6-7,12H2,1H3. The highest BCUT2D eigenvalue weighted by molar-refractivity contribution is 7.91. The molecule has 0 radical (unpaired) electrons. The third-order valence-corrected chi connectivity index (χ3v) is 4.70. The predicted molar refractivity (Wildman–Crippen MR) is 64.3 cm³/mol. The van der Waals surface area contributed by atoms with Gasteiger partial charge in [0.25, 0.3) is 0 Å². The monoisotopic (exact) mass is 240 g/mol. The summed E-state index contributed by atoms with van der Waals surface area (Å²) in [6.07, 6.45) is 0.836. The van der Waals surface area contributed by atoms with Crippen LogP contribution in [0.15, 0.2) is 23.1 Å². The third kappa shape index (κ3) is 1.92. The lowest BCUT2D eigenvalue weighted by molar-refractivity contribution is 0.585. The van der Waals surface area contributed by atoms with Crippen molar-refractivity contribution in [3.05, 3.63) is 23.8 Å². The van der Waals surface area contributed by atoms with Gasteiger partial charge in [-0.3, -0.25) is 0 Å². The summed E-state index contributed by atoms with van der Waals surface area (Å²) in [5.41, 5.74) is 7.23. The maximum atomic E-state index is 12.0. The van der Waals surface area contributed by atoms with Crippen LogP contribution < -0.4 is 11.1 Å². The van der Waals surface area contributed by atoms with E-state index in [0.717, 1.165) is 12.0 Å². The summed E-state index contributed by atoms with van der Waals surface area (Å²) >= 11 is 0. The fraction of sp³-hybridized carbons (Fsp3) is 0.455. The zero-order valence-corrected chi connectivity index (χ0v) is 10.0. The van der Waals surface area contributed by atoms with Crippen LogP contribution in [-0.4, -0.2) is 26.8 Å². The lowest BCUT2D eigenvalue weighted by atomic mass is 10.1. The second kappa shape index (κ2) is 4.07. The maximum Gasteiger partial charge on any atom is 0.182 e. The first-order valence-electron chi connectivity index (χ1n) is 5.39. The topological polar surface area (TPSA) is 72.2 Å². The van der Waals surface area contributed by atoms with Crippen molar-refractivity contribution in [1.82, 2.24) is 0 Å². The molecular weight excluding hydrogens is 224 g/mol. The van der Waals surface area contributed by atoms with Crippen LogP contribution in [0.3, 0.4) is 0 Å². The van der Waals surface area contributed by atoms with Crippen molar-refractivity contribution >= 4 is 15.5 Å². The largest absolute Gasteiger partial charge is 0.379 e. The molecule has 1 aromatic rings. The molecule has 3 N–H and O–H groups in total. The molecule has 1 aliphatic rings. The van der Waals surface area contributed by atoms with Crippen LogP contribution in [0.25, 0.3) is 0 Å². The second-order valence-corrected chi connectivity index (χ2v) is 6.05. The van der Waals surface area contributed by atoms with Gasteiger partial charge in [-0.05, 0) is 24.1 Å². The van der Waals surface area contributed by atoms with Gasteiger partial charge in [0.15, 0.2) is 9.84 Å². The van der Waals surface area contributed by atoms with Gasteiger partial charge in [0, 0.05) is 6.54 Å². The van der Waals surface area contributed by atoms with Crippen LogP contribution in [0.1, 0.15) is 12.5 Å². The minimum atomic E-state index is -3.18. The summed E-state index contributed by atoms with van der Waals surface area (Å²) < 4.78 is 24.0. The van der Waals surface area contributed by atoms with Crippen molar-refractivity contribution in [3.8, 4) is 0 Å². The van der Waals surface area contributed by atoms with Crippen molar-refractivity contribution in [2.75, 3.05) is 17.6 Å². The van der Waals surface area contributed by atoms with Crippen LogP contribution in [-0.2, 0) is 16.3 Å². The number of nitrogens with two attached hydrogens (primary N) is 1. The first kappa shape index (κ1) is 11.4. The van der Waals surface area contributed by atoms with Gasteiger partial charge in [0.2, 0.25) is 0 Å². The minimum absolute atomic E-state index is 0.0870. The summed E-state index contributed by atoms with van der Waals surface area (Å²) in [6.45, 7) is 2.33. The molecule has 1 aliphatic heterocycles. The molecule has 88 valence electrons. The van der Waals surface area contributed by atoms with E-state index in [-0.39, 0.29) is 11.8 Å². The Labute approximate surface area is 95.8 Å². The summed E-state index contributed by atoms with van der Waals surface area (Å²) in [6, 6.07) is 5.35. The van der Waals surface area contributed by atoms with Crippen molar-refractivity contribution in [2.24, 2.45) is 5.73 Å². The van der Waals surface area contributed by atoms with Gasteiger partial charge in [0.1, 0.15) is 0 Å². The SMILES string of the molecule is CCc1ccc2c(c1)S(=O)(=O)CC(CN)N2. The lowest BCUT2D eigenvalue weighted by Crippen LogP contribution is -2.39. The highest BCUT2D eigenvalue weighted by Gasteiger charge is 2.29. The molecule has 0 fully saturated rings. The van der Waals surface area contributed by atoms with Crippen molar-refractivity contribution in [2.45, 2.75) is 24.3 Å². The Bertz CT molecular complexity index is 497. The Morgan fingerprint density at radius 2 is 2.25 bits per heavy atom. The number of hydrogen-bond donors (Lipinski definition) is 2. The Morgan fingerprint density at radius 1 is 1.50 bits per heavy atom. The van der Waals surface area contributed by atoms with Crippen LogP contribution in [0.2, 0.25) is 0 Å². The zero-order chi connectivity index (χ0) is 11.8. The van der Waals surface area contributed by atoms with Gasteiger partial charge >= 0.3 is 0 Å². The third-order valence-electron chi connectivity index (χ3n) is 2.85. The van der Waals surface area contributed by atoms with Crippen LogP contribution in [0.4, 0.5) is 5.69 Å². The highest BCUT2D eigenvalue weighted by atomic mass is 32.2. The van der Waals surface area contributed by atoms with Crippen molar-refractivity contribution < 1.29 is 8.42 Å². The molecule has 1 aromatic carbocycles. The Morgan fingerprint density at radius 3 is 2.88 bits per heavy atom. The van der Waals surface area contributed by atoms with E-state index in [9.17, 15) is 8.42 Å². The second-order valence-electron chi connectivity index (χ2n) is 4.04. The normalized spacial score (nSPS) is 22.2. The molecule has 1 unspecified atom stereocenters. The van der Waals surface area contributed by atoms with Crippen LogP contribution in [0.5, 0.6) is 0 Å². The van der Waals surface area contributed by atoms with E-state index in [1.807, 2.05) is 19.1 Å². The van der Waals surface area contributed by atoms with Gasteiger partial charge in [-0.25, -0.2) is 8.42 Å². The number of sulfone groups is 1. The number of aryl methyl sites for hydroxylation is 1. The van der Waals surface area contributed by atoms with E-state index in [1.54, 1.807) is 6.07 Å². The molecule has 2 rings (SSSR count). The van der Waals surface area contributed by atoms with E-state index < -0.39 is 9.84 Å². The molecule has 5 heteroatoms. The summed E-state index contributed by atoms with van der Waals surface area (Å²) in [7, 11) is -3.18. The average Bonchev–Trinajstić information content (AvgIpc) is 2.27. The quantitative estimate of drug-likeness (QED) is 0.801. The lowest BCUT2D eigenvalue weighted by Gasteiger charge is -2.26. The van der Waals surface area contributed by atoms with Gasteiger partial charge < -0.3 is 11.1 Å². The molecule has 4 nitrogen and oxygen atoms in total.